The lowest BCUT2D eigenvalue weighted by atomic mass is 10.2. The second kappa shape index (κ2) is 8.75. The van der Waals surface area contributed by atoms with Crippen molar-refractivity contribution in [1.29, 1.82) is 0 Å². The number of rotatable bonds is 8. The highest BCUT2D eigenvalue weighted by molar-refractivity contribution is 4.70. The molecule has 2 nitrogen and oxygen atoms in total. The predicted octanol–water partition coefficient (Wildman–Crippen LogP) is 1.67. The number of nitrogens with two attached hydrogens (primary N) is 1. The molecule has 2 heteroatoms. The minimum absolute atomic E-state index is 0.612. The molecule has 0 amide bonds. The molecule has 0 rings (SSSR count). The van der Waals surface area contributed by atoms with Crippen molar-refractivity contribution in [1.82, 2.24) is 5.32 Å². The van der Waals surface area contributed by atoms with Gasteiger partial charge in [0.05, 0.1) is 0 Å². The largest absolute Gasteiger partial charge is 0.330 e. The molecule has 0 aliphatic carbocycles. The van der Waals surface area contributed by atoms with E-state index in [1.165, 1.54) is 12.8 Å². The molecule has 1 atom stereocenters. The van der Waals surface area contributed by atoms with Gasteiger partial charge in [0.2, 0.25) is 0 Å². The van der Waals surface area contributed by atoms with Gasteiger partial charge in [-0.25, -0.2) is 0 Å². The van der Waals surface area contributed by atoms with Crippen molar-refractivity contribution in [3.8, 4) is 0 Å². The van der Waals surface area contributed by atoms with Crippen molar-refractivity contribution in [3.63, 3.8) is 0 Å². The van der Waals surface area contributed by atoms with Gasteiger partial charge in [0.15, 0.2) is 0 Å². The summed E-state index contributed by atoms with van der Waals surface area (Å²) in [7, 11) is 0. The van der Waals surface area contributed by atoms with Crippen LogP contribution < -0.4 is 11.1 Å². The number of allylic oxidation sites excluding steroid dienone is 1. The van der Waals surface area contributed by atoms with Gasteiger partial charge in [0.25, 0.3) is 0 Å². The fraction of sp³-hybridized carbons (Fsp3) is 0.800. The average Bonchev–Trinajstić information content (AvgIpc) is 2.09. The molecule has 0 spiro atoms. The van der Waals surface area contributed by atoms with Crippen molar-refractivity contribution in [2.45, 2.75) is 38.6 Å². The molecule has 0 aromatic heterocycles. The molecule has 0 saturated heterocycles. The average molecular weight is 170 g/mol. The quantitative estimate of drug-likeness (QED) is 0.429. The van der Waals surface area contributed by atoms with E-state index >= 15 is 0 Å². The summed E-state index contributed by atoms with van der Waals surface area (Å²) in [5, 5.41) is 3.45. The highest BCUT2D eigenvalue weighted by atomic mass is 14.9. The smallest absolute Gasteiger partial charge is 0.00416 e. The number of unbranched alkanes of at least 4 members (excludes halogenated alkanes) is 1. The Morgan fingerprint density at radius 3 is 2.83 bits per heavy atom. The van der Waals surface area contributed by atoms with E-state index < -0.39 is 0 Å². The molecule has 72 valence electrons. The molecule has 1 unspecified atom stereocenters. The summed E-state index contributed by atoms with van der Waals surface area (Å²) >= 11 is 0. The van der Waals surface area contributed by atoms with Gasteiger partial charge >= 0.3 is 0 Å². The summed E-state index contributed by atoms with van der Waals surface area (Å²) in [5.41, 5.74) is 5.38. The lowest BCUT2D eigenvalue weighted by Gasteiger charge is -2.11. The fourth-order valence-corrected chi connectivity index (χ4v) is 1.09. The molecule has 0 aromatic rings. The Labute approximate surface area is 76.2 Å². The molecule has 0 aromatic carbocycles. The zero-order valence-corrected chi connectivity index (χ0v) is 8.18. The highest BCUT2D eigenvalue weighted by Crippen LogP contribution is 1.96. The second-order valence-electron chi connectivity index (χ2n) is 3.22. The molecule has 0 bridgehead atoms. The van der Waals surface area contributed by atoms with Gasteiger partial charge in [-0.2, -0.15) is 0 Å². The topological polar surface area (TPSA) is 38.0 Å². The molecule has 0 fully saturated rings. The van der Waals surface area contributed by atoms with E-state index in [0.717, 1.165) is 25.9 Å². The first kappa shape index (κ1) is 11.7. The minimum Gasteiger partial charge on any atom is -0.330 e. The van der Waals surface area contributed by atoms with E-state index in [1.54, 1.807) is 0 Å². The molecule has 3 N–H and O–H groups in total. The summed E-state index contributed by atoms with van der Waals surface area (Å²) in [4.78, 5) is 0. The Bertz CT molecular complexity index is 102. The number of hydrogen-bond donors (Lipinski definition) is 2. The first-order valence-electron chi connectivity index (χ1n) is 4.85. The minimum atomic E-state index is 0.612. The zero-order valence-electron chi connectivity index (χ0n) is 8.18. The lowest BCUT2D eigenvalue weighted by molar-refractivity contribution is 0.505. The van der Waals surface area contributed by atoms with Crippen LogP contribution in [0.3, 0.4) is 0 Å². The summed E-state index contributed by atoms with van der Waals surface area (Å²) in [6, 6.07) is 0.612. The van der Waals surface area contributed by atoms with Crippen molar-refractivity contribution >= 4 is 0 Å². The Hall–Kier alpha value is -0.340. The Morgan fingerprint density at radius 2 is 2.25 bits per heavy atom. The van der Waals surface area contributed by atoms with E-state index in [2.05, 4.69) is 18.8 Å². The molecule has 0 radical (unpaired) electrons. The maximum Gasteiger partial charge on any atom is 0.00416 e. The Kier molecular flexibility index (Phi) is 8.51. The Balaban J connectivity index is 3.07. The molecule has 0 saturated carbocycles. The van der Waals surface area contributed by atoms with E-state index in [9.17, 15) is 0 Å². The third-order valence-corrected chi connectivity index (χ3v) is 1.93. The van der Waals surface area contributed by atoms with E-state index in [4.69, 9.17) is 5.73 Å². The second-order valence-corrected chi connectivity index (χ2v) is 3.22. The van der Waals surface area contributed by atoms with Crippen LogP contribution in [0, 0.1) is 0 Å². The van der Waals surface area contributed by atoms with Crippen molar-refractivity contribution in [2.24, 2.45) is 5.73 Å². The summed E-state index contributed by atoms with van der Waals surface area (Å²) in [5.74, 6) is 0. The molecule has 0 aliphatic heterocycles. The van der Waals surface area contributed by atoms with Gasteiger partial charge in [-0.15, -0.1) is 6.58 Å². The monoisotopic (exact) mass is 170 g/mol. The molecule has 0 heterocycles. The van der Waals surface area contributed by atoms with E-state index in [-0.39, 0.29) is 0 Å². The third kappa shape index (κ3) is 7.76. The summed E-state index contributed by atoms with van der Waals surface area (Å²) in [6.45, 7) is 7.81. The first-order valence-corrected chi connectivity index (χ1v) is 4.85. The van der Waals surface area contributed by atoms with Crippen LogP contribution in [-0.2, 0) is 0 Å². The van der Waals surface area contributed by atoms with Gasteiger partial charge in [-0.1, -0.05) is 6.08 Å². The van der Waals surface area contributed by atoms with Gasteiger partial charge in [0.1, 0.15) is 0 Å². The lowest BCUT2D eigenvalue weighted by Crippen LogP contribution is -2.27. The van der Waals surface area contributed by atoms with Gasteiger partial charge in [-0.3, -0.25) is 0 Å². The van der Waals surface area contributed by atoms with Crippen LogP contribution in [-0.4, -0.2) is 19.1 Å². The maximum atomic E-state index is 5.38. The van der Waals surface area contributed by atoms with Gasteiger partial charge in [0, 0.05) is 6.04 Å². The van der Waals surface area contributed by atoms with Crippen molar-refractivity contribution < 1.29 is 0 Å². The normalized spacial score (nSPS) is 12.8. The third-order valence-electron chi connectivity index (χ3n) is 1.93. The van der Waals surface area contributed by atoms with Crippen molar-refractivity contribution in [2.75, 3.05) is 13.1 Å². The van der Waals surface area contributed by atoms with Crippen LogP contribution in [0.1, 0.15) is 32.6 Å². The first-order chi connectivity index (χ1) is 5.81. The van der Waals surface area contributed by atoms with E-state index in [0.29, 0.717) is 6.04 Å². The predicted molar refractivity (Wildman–Crippen MR) is 55.2 cm³/mol. The van der Waals surface area contributed by atoms with Crippen LogP contribution in [0.25, 0.3) is 0 Å². The van der Waals surface area contributed by atoms with Crippen LogP contribution in [0.2, 0.25) is 0 Å². The van der Waals surface area contributed by atoms with Crippen LogP contribution in [0.5, 0.6) is 0 Å². The van der Waals surface area contributed by atoms with Gasteiger partial charge < -0.3 is 11.1 Å². The SMILES string of the molecule is C=CCCC(C)NCCCCN. The van der Waals surface area contributed by atoms with E-state index in [1.807, 2.05) is 6.08 Å². The summed E-state index contributed by atoms with van der Waals surface area (Å²) in [6.07, 6.45) is 6.57. The fourth-order valence-electron chi connectivity index (χ4n) is 1.09. The molecule has 12 heavy (non-hydrogen) atoms. The summed E-state index contributed by atoms with van der Waals surface area (Å²) < 4.78 is 0. The molecular weight excluding hydrogens is 148 g/mol. The van der Waals surface area contributed by atoms with Crippen LogP contribution >= 0.6 is 0 Å². The molecule has 0 aliphatic rings. The highest BCUT2D eigenvalue weighted by Gasteiger charge is 1.97. The molecular formula is C10H22N2. The van der Waals surface area contributed by atoms with Crippen LogP contribution in [0.4, 0.5) is 0 Å². The van der Waals surface area contributed by atoms with Gasteiger partial charge in [-0.05, 0) is 45.7 Å². The standard InChI is InChI=1S/C10H22N2/c1-3-4-7-10(2)12-9-6-5-8-11/h3,10,12H,1,4-9,11H2,2H3. The van der Waals surface area contributed by atoms with Crippen LogP contribution in [0.15, 0.2) is 12.7 Å². The maximum absolute atomic E-state index is 5.38. The Morgan fingerprint density at radius 1 is 1.50 bits per heavy atom. The number of hydrogen-bond acceptors (Lipinski definition) is 2. The number of nitrogens with one attached hydrogen (secondary N) is 1. The zero-order chi connectivity index (χ0) is 9.23. The van der Waals surface area contributed by atoms with Crippen molar-refractivity contribution in [3.05, 3.63) is 12.7 Å².